The molecule has 7 nitrogen and oxygen atoms in total. The topological polar surface area (TPSA) is 96.9 Å². The second-order valence-corrected chi connectivity index (χ2v) is 7.59. The normalized spacial score (nSPS) is 10.7. The van der Waals surface area contributed by atoms with Crippen LogP contribution in [0, 0.1) is 0 Å². The number of benzene rings is 4. The molecule has 0 bridgehead atoms. The molecule has 0 radical (unpaired) electrons. The lowest BCUT2D eigenvalue weighted by Gasteiger charge is -2.07. The van der Waals surface area contributed by atoms with Crippen LogP contribution in [0.5, 0.6) is 5.75 Å². The summed E-state index contributed by atoms with van der Waals surface area (Å²) < 4.78 is 5.35. The summed E-state index contributed by atoms with van der Waals surface area (Å²) in [5.74, 6) is -2.01. The van der Waals surface area contributed by atoms with E-state index in [9.17, 15) is 14.4 Å². The molecule has 4 rings (SSSR count). The van der Waals surface area contributed by atoms with E-state index in [4.69, 9.17) is 16.3 Å². The molecule has 34 heavy (non-hydrogen) atoms. The molecular weight excluding hydrogens is 454 g/mol. The number of rotatable bonds is 5. The van der Waals surface area contributed by atoms with Crippen LogP contribution in [0.3, 0.4) is 0 Å². The van der Waals surface area contributed by atoms with Gasteiger partial charge >= 0.3 is 17.8 Å². The Hall–Kier alpha value is -4.49. The van der Waals surface area contributed by atoms with Crippen molar-refractivity contribution >= 4 is 52.1 Å². The van der Waals surface area contributed by atoms with Gasteiger partial charge in [-0.15, -0.1) is 0 Å². The van der Waals surface area contributed by atoms with Gasteiger partial charge in [-0.3, -0.25) is 9.59 Å². The smallest absolute Gasteiger partial charge is 0.343 e. The molecule has 0 fully saturated rings. The van der Waals surface area contributed by atoms with E-state index in [1.165, 1.54) is 6.21 Å². The molecule has 0 aliphatic rings. The van der Waals surface area contributed by atoms with Crippen molar-refractivity contribution in [1.82, 2.24) is 5.43 Å². The van der Waals surface area contributed by atoms with Gasteiger partial charge in [-0.25, -0.2) is 10.2 Å². The predicted molar refractivity (Wildman–Crippen MR) is 131 cm³/mol. The highest BCUT2D eigenvalue weighted by Gasteiger charge is 2.14. The van der Waals surface area contributed by atoms with Gasteiger partial charge in [0.2, 0.25) is 0 Å². The van der Waals surface area contributed by atoms with Gasteiger partial charge in [-0.2, -0.15) is 5.10 Å². The molecule has 0 unspecified atom stereocenters. The van der Waals surface area contributed by atoms with Crippen LogP contribution in [0.15, 0.2) is 96.1 Å². The van der Waals surface area contributed by atoms with Gasteiger partial charge in [0.1, 0.15) is 5.75 Å². The van der Waals surface area contributed by atoms with E-state index in [-0.39, 0.29) is 0 Å². The van der Waals surface area contributed by atoms with Gasteiger partial charge in [0.25, 0.3) is 0 Å². The lowest BCUT2D eigenvalue weighted by atomic mass is 10.1. The molecule has 0 aliphatic carbocycles. The summed E-state index contributed by atoms with van der Waals surface area (Å²) in [6.07, 6.45) is 1.34. The van der Waals surface area contributed by atoms with Crippen LogP contribution < -0.4 is 15.5 Å². The van der Waals surface area contributed by atoms with E-state index in [0.717, 1.165) is 10.8 Å². The fourth-order valence-electron chi connectivity index (χ4n) is 3.14. The summed E-state index contributed by atoms with van der Waals surface area (Å²) in [5.41, 5.74) is 3.62. The van der Waals surface area contributed by atoms with Crippen LogP contribution in [-0.2, 0) is 9.59 Å². The highest BCUT2D eigenvalue weighted by Crippen LogP contribution is 2.22. The molecule has 2 N–H and O–H groups in total. The van der Waals surface area contributed by atoms with Crippen molar-refractivity contribution in [2.45, 2.75) is 0 Å². The maximum atomic E-state index is 12.3. The number of nitrogens with zero attached hydrogens (tertiary/aromatic N) is 1. The number of hydrogen-bond acceptors (Lipinski definition) is 5. The number of hydrogen-bond donors (Lipinski definition) is 2. The predicted octanol–water partition coefficient (Wildman–Crippen LogP) is 4.80. The zero-order valence-electron chi connectivity index (χ0n) is 17.7. The molecule has 168 valence electrons. The lowest BCUT2D eigenvalue weighted by Crippen LogP contribution is -2.32. The average Bonchev–Trinajstić information content (AvgIpc) is 2.85. The van der Waals surface area contributed by atoms with Gasteiger partial charge in [-0.05, 0) is 53.4 Å². The van der Waals surface area contributed by atoms with Crippen molar-refractivity contribution in [2.24, 2.45) is 5.10 Å². The number of ether oxygens (including phenoxy) is 1. The molecule has 0 aromatic heterocycles. The maximum Gasteiger partial charge on any atom is 0.343 e. The maximum absolute atomic E-state index is 12.3. The standard InChI is InChI=1S/C26H18ClN3O4/c27-20-13-11-19(12-14-20)26(33)34-21-8-3-5-17(15-21)16-28-30-25(32)24(31)29-23-10-4-7-18-6-1-2-9-22(18)23/h1-16H,(H,29,31)(H,30,32). The second kappa shape index (κ2) is 10.4. The summed E-state index contributed by atoms with van der Waals surface area (Å²) in [7, 11) is 0. The van der Waals surface area contributed by atoms with Crippen molar-refractivity contribution in [1.29, 1.82) is 0 Å². The molecule has 2 amide bonds. The first-order valence-electron chi connectivity index (χ1n) is 10.2. The van der Waals surface area contributed by atoms with E-state index < -0.39 is 17.8 Å². The third-order valence-electron chi connectivity index (χ3n) is 4.77. The SMILES string of the molecule is O=C(NN=Cc1cccc(OC(=O)c2ccc(Cl)cc2)c1)C(=O)Nc1cccc2ccccc12. The van der Waals surface area contributed by atoms with Crippen molar-refractivity contribution in [3.63, 3.8) is 0 Å². The van der Waals surface area contributed by atoms with Crippen molar-refractivity contribution in [3.8, 4) is 5.75 Å². The first-order valence-corrected chi connectivity index (χ1v) is 10.6. The Morgan fingerprint density at radius 3 is 2.38 bits per heavy atom. The van der Waals surface area contributed by atoms with Crippen LogP contribution in [0.2, 0.25) is 5.02 Å². The van der Waals surface area contributed by atoms with E-state index >= 15 is 0 Å². The Morgan fingerprint density at radius 2 is 1.56 bits per heavy atom. The van der Waals surface area contributed by atoms with Crippen molar-refractivity contribution < 1.29 is 19.1 Å². The molecule has 4 aromatic rings. The van der Waals surface area contributed by atoms with Crippen LogP contribution in [0.1, 0.15) is 15.9 Å². The average molecular weight is 472 g/mol. The van der Waals surface area contributed by atoms with Crippen LogP contribution in [0.25, 0.3) is 10.8 Å². The Labute approximate surface area is 200 Å². The third-order valence-corrected chi connectivity index (χ3v) is 5.02. The molecule has 0 aliphatic heterocycles. The van der Waals surface area contributed by atoms with Gasteiger partial charge in [0.15, 0.2) is 0 Å². The number of fused-ring (bicyclic) bond motifs is 1. The molecule has 0 atom stereocenters. The van der Waals surface area contributed by atoms with Crippen molar-refractivity contribution in [3.05, 3.63) is 107 Å². The Bertz CT molecular complexity index is 1400. The largest absolute Gasteiger partial charge is 0.423 e. The number of esters is 1. The van der Waals surface area contributed by atoms with Crippen LogP contribution in [0.4, 0.5) is 5.69 Å². The molecule has 0 spiro atoms. The highest BCUT2D eigenvalue weighted by molar-refractivity contribution is 6.40. The Kier molecular flexibility index (Phi) is 6.95. The minimum Gasteiger partial charge on any atom is -0.423 e. The van der Waals surface area contributed by atoms with Crippen LogP contribution in [-0.4, -0.2) is 24.0 Å². The van der Waals surface area contributed by atoms with E-state index in [2.05, 4.69) is 15.8 Å². The fraction of sp³-hybridized carbons (Fsp3) is 0. The van der Waals surface area contributed by atoms with E-state index in [1.807, 2.05) is 30.3 Å². The summed E-state index contributed by atoms with van der Waals surface area (Å²) in [5, 5.41) is 8.68. The van der Waals surface area contributed by atoms with Gasteiger partial charge in [0, 0.05) is 16.1 Å². The number of hydrazone groups is 1. The first-order chi connectivity index (χ1) is 16.5. The number of carbonyl (C=O) groups excluding carboxylic acids is 3. The minimum atomic E-state index is -0.922. The van der Waals surface area contributed by atoms with E-state index in [1.54, 1.807) is 60.7 Å². The number of carbonyl (C=O) groups is 3. The highest BCUT2D eigenvalue weighted by atomic mass is 35.5. The molecule has 4 aromatic carbocycles. The van der Waals surface area contributed by atoms with Gasteiger partial charge in [-0.1, -0.05) is 60.1 Å². The Balaban J connectivity index is 1.35. The fourth-order valence-corrected chi connectivity index (χ4v) is 3.27. The molecular formula is C26H18ClN3O4. The minimum absolute atomic E-state index is 0.295. The van der Waals surface area contributed by atoms with E-state index in [0.29, 0.717) is 27.6 Å². The van der Waals surface area contributed by atoms with Gasteiger partial charge < -0.3 is 10.1 Å². The number of anilines is 1. The summed E-state index contributed by atoms with van der Waals surface area (Å²) >= 11 is 5.83. The number of amides is 2. The zero-order valence-corrected chi connectivity index (χ0v) is 18.5. The quantitative estimate of drug-likeness (QED) is 0.144. The lowest BCUT2D eigenvalue weighted by molar-refractivity contribution is -0.136. The molecule has 0 saturated heterocycles. The number of halogens is 1. The zero-order chi connectivity index (χ0) is 23.9. The van der Waals surface area contributed by atoms with Crippen molar-refractivity contribution in [2.75, 3.05) is 5.32 Å². The monoisotopic (exact) mass is 471 g/mol. The second-order valence-electron chi connectivity index (χ2n) is 7.15. The summed E-state index contributed by atoms with van der Waals surface area (Å²) in [6.45, 7) is 0. The third kappa shape index (κ3) is 5.65. The summed E-state index contributed by atoms with van der Waals surface area (Å²) in [4.78, 5) is 36.7. The van der Waals surface area contributed by atoms with Crippen LogP contribution >= 0.6 is 11.6 Å². The Morgan fingerprint density at radius 1 is 0.824 bits per heavy atom. The number of nitrogens with one attached hydrogen (secondary N) is 2. The first kappa shape index (κ1) is 22.7. The van der Waals surface area contributed by atoms with Gasteiger partial charge in [0.05, 0.1) is 11.8 Å². The molecule has 8 heteroatoms. The molecule has 0 heterocycles. The summed E-state index contributed by atoms with van der Waals surface area (Å²) in [6, 6.07) is 25.8. The molecule has 0 saturated carbocycles.